The zero-order valence-corrected chi connectivity index (χ0v) is 8.23. The van der Waals surface area contributed by atoms with Gasteiger partial charge in [0.1, 0.15) is 0 Å². The van der Waals surface area contributed by atoms with Gasteiger partial charge in [-0.3, -0.25) is 0 Å². The van der Waals surface area contributed by atoms with Gasteiger partial charge in [-0.2, -0.15) is 0 Å². The lowest BCUT2D eigenvalue weighted by atomic mass is 10.1. The molecule has 0 radical (unpaired) electrons. The highest BCUT2D eigenvalue weighted by molar-refractivity contribution is 6.30. The van der Waals surface area contributed by atoms with E-state index >= 15 is 0 Å². The highest BCUT2D eigenvalue weighted by atomic mass is 35.5. The molecule has 1 N–H and O–H groups in total. The Kier molecular flexibility index (Phi) is 3.57. The fraction of sp³-hybridized carbons (Fsp3) is 0.400. The second kappa shape index (κ2) is 4.48. The molecule has 0 saturated heterocycles. The minimum Gasteiger partial charge on any atom is -0.313 e. The molecular weight excluding hydrogens is 170 g/mol. The Morgan fingerprint density at radius 1 is 1.33 bits per heavy atom. The molecule has 0 aliphatic heterocycles. The summed E-state index contributed by atoms with van der Waals surface area (Å²) in [6.45, 7) is 2.16. The van der Waals surface area contributed by atoms with Gasteiger partial charge in [0.15, 0.2) is 0 Å². The molecule has 0 aliphatic rings. The van der Waals surface area contributed by atoms with Crippen molar-refractivity contribution in [2.75, 3.05) is 7.05 Å². The van der Waals surface area contributed by atoms with Crippen molar-refractivity contribution in [3.8, 4) is 0 Å². The summed E-state index contributed by atoms with van der Waals surface area (Å²) in [5.74, 6) is 0. The summed E-state index contributed by atoms with van der Waals surface area (Å²) >= 11 is 5.78. The van der Waals surface area contributed by atoms with E-state index in [-0.39, 0.29) is 0 Å². The summed E-state index contributed by atoms with van der Waals surface area (Å²) in [6.07, 6.45) is 1.10. The second-order valence-corrected chi connectivity index (χ2v) is 3.24. The lowest BCUT2D eigenvalue weighted by Crippen LogP contribution is -2.14. The topological polar surface area (TPSA) is 12.0 Å². The molecule has 0 aromatic heterocycles. The van der Waals surface area contributed by atoms with Gasteiger partial charge < -0.3 is 5.32 Å². The zero-order chi connectivity index (χ0) is 8.97. The Labute approximate surface area is 78.7 Å². The molecule has 1 atom stereocenters. The first-order valence-electron chi connectivity index (χ1n) is 4.20. The summed E-state index contributed by atoms with van der Waals surface area (Å²) in [5.41, 5.74) is 1.30. The number of benzene rings is 1. The molecule has 0 fully saturated rings. The molecule has 1 aromatic rings. The van der Waals surface area contributed by atoms with Gasteiger partial charge in [-0.15, -0.1) is 0 Å². The van der Waals surface area contributed by atoms with Gasteiger partial charge in [0.05, 0.1) is 0 Å². The summed E-state index contributed by atoms with van der Waals surface area (Å²) in [4.78, 5) is 0. The third-order valence-electron chi connectivity index (χ3n) is 2.03. The van der Waals surface area contributed by atoms with Gasteiger partial charge in [0.25, 0.3) is 0 Å². The Morgan fingerprint density at radius 3 is 2.33 bits per heavy atom. The van der Waals surface area contributed by atoms with Gasteiger partial charge >= 0.3 is 0 Å². The van der Waals surface area contributed by atoms with Crippen LogP contribution in [-0.4, -0.2) is 7.05 Å². The molecule has 1 rings (SSSR count). The van der Waals surface area contributed by atoms with E-state index in [0.29, 0.717) is 6.04 Å². The third kappa shape index (κ3) is 2.23. The highest BCUT2D eigenvalue weighted by Crippen LogP contribution is 2.18. The molecular formula is C10H14ClN. The quantitative estimate of drug-likeness (QED) is 0.760. The van der Waals surface area contributed by atoms with Crippen molar-refractivity contribution in [1.29, 1.82) is 0 Å². The summed E-state index contributed by atoms with van der Waals surface area (Å²) in [7, 11) is 1.97. The molecule has 0 saturated carbocycles. The van der Waals surface area contributed by atoms with Gasteiger partial charge in [-0.1, -0.05) is 30.7 Å². The fourth-order valence-electron chi connectivity index (χ4n) is 1.30. The monoisotopic (exact) mass is 183 g/mol. The predicted molar refractivity (Wildman–Crippen MR) is 53.5 cm³/mol. The highest BCUT2D eigenvalue weighted by Gasteiger charge is 2.04. The summed E-state index contributed by atoms with van der Waals surface area (Å²) < 4.78 is 0. The first-order valence-corrected chi connectivity index (χ1v) is 4.58. The lowest BCUT2D eigenvalue weighted by molar-refractivity contribution is 0.577. The molecule has 0 amide bonds. The molecule has 12 heavy (non-hydrogen) atoms. The van der Waals surface area contributed by atoms with Crippen LogP contribution in [0.4, 0.5) is 0 Å². The summed E-state index contributed by atoms with van der Waals surface area (Å²) in [5, 5.41) is 4.04. The van der Waals surface area contributed by atoms with Crippen molar-refractivity contribution in [2.45, 2.75) is 19.4 Å². The lowest BCUT2D eigenvalue weighted by Gasteiger charge is -2.13. The van der Waals surface area contributed by atoms with Crippen LogP contribution < -0.4 is 5.32 Å². The van der Waals surface area contributed by atoms with Crippen LogP contribution in [0.15, 0.2) is 24.3 Å². The second-order valence-electron chi connectivity index (χ2n) is 2.80. The smallest absolute Gasteiger partial charge is 0.0406 e. The minimum absolute atomic E-state index is 0.447. The van der Waals surface area contributed by atoms with Crippen LogP contribution in [0.5, 0.6) is 0 Å². The Morgan fingerprint density at radius 2 is 1.92 bits per heavy atom. The zero-order valence-electron chi connectivity index (χ0n) is 7.47. The average molecular weight is 184 g/mol. The van der Waals surface area contributed by atoms with E-state index in [4.69, 9.17) is 11.6 Å². The summed E-state index contributed by atoms with van der Waals surface area (Å²) in [6, 6.07) is 8.43. The van der Waals surface area contributed by atoms with Gasteiger partial charge in [0, 0.05) is 11.1 Å². The van der Waals surface area contributed by atoms with E-state index in [1.165, 1.54) is 5.56 Å². The van der Waals surface area contributed by atoms with Crippen LogP contribution in [0.3, 0.4) is 0 Å². The first kappa shape index (κ1) is 9.56. The van der Waals surface area contributed by atoms with Crippen molar-refractivity contribution < 1.29 is 0 Å². The van der Waals surface area contributed by atoms with E-state index in [2.05, 4.69) is 24.4 Å². The normalized spacial score (nSPS) is 12.9. The van der Waals surface area contributed by atoms with E-state index < -0.39 is 0 Å². The Bertz CT molecular complexity index is 226. The standard InChI is InChI=1S/C10H14ClN/c1-3-10(12-2)8-4-6-9(11)7-5-8/h4-7,10,12H,3H2,1-2H3. The number of rotatable bonds is 3. The average Bonchev–Trinajstić information content (AvgIpc) is 2.10. The fourth-order valence-corrected chi connectivity index (χ4v) is 1.43. The molecule has 0 spiro atoms. The molecule has 2 heteroatoms. The van der Waals surface area contributed by atoms with Crippen molar-refractivity contribution in [1.82, 2.24) is 5.32 Å². The van der Waals surface area contributed by atoms with Gasteiger partial charge in [-0.25, -0.2) is 0 Å². The maximum Gasteiger partial charge on any atom is 0.0406 e. The number of hydrogen-bond acceptors (Lipinski definition) is 1. The van der Waals surface area contributed by atoms with Crippen molar-refractivity contribution >= 4 is 11.6 Å². The van der Waals surface area contributed by atoms with E-state index in [1.54, 1.807) is 0 Å². The Balaban J connectivity index is 2.80. The minimum atomic E-state index is 0.447. The Hall–Kier alpha value is -0.530. The SMILES string of the molecule is CCC(NC)c1ccc(Cl)cc1. The molecule has 0 aliphatic carbocycles. The van der Waals surface area contributed by atoms with E-state index in [0.717, 1.165) is 11.4 Å². The van der Waals surface area contributed by atoms with E-state index in [1.807, 2.05) is 19.2 Å². The van der Waals surface area contributed by atoms with Gasteiger partial charge in [-0.05, 0) is 31.2 Å². The van der Waals surface area contributed by atoms with Crippen LogP contribution >= 0.6 is 11.6 Å². The van der Waals surface area contributed by atoms with Crippen molar-refractivity contribution in [2.24, 2.45) is 0 Å². The largest absolute Gasteiger partial charge is 0.313 e. The maximum atomic E-state index is 5.78. The molecule has 66 valence electrons. The van der Waals surface area contributed by atoms with Crippen LogP contribution in [-0.2, 0) is 0 Å². The number of hydrogen-bond donors (Lipinski definition) is 1. The molecule has 0 heterocycles. The van der Waals surface area contributed by atoms with Crippen LogP contribution in [0.25, 0.3) is 0 Å². The maximum absolute atomic E-state index is 5.78. The number of halogens is 1. The van der Waals surface area contributed by atoms with Crippen LogP contribution in [0.1, 0.15) is 24.9 Å². The van der Waals surface area contributed by atoms with Gasteiger partial charge in [0.2, 0.25) is 0 Å². The van der Waals surface area contributed by atoms with Crippen molar-refractivity contribution in [3.05, 3.63) is 34.9 Å². The van der Waals surface area contributed by atoms with E-state index in [9.17, 15) is 0 Å². The first-order chi connectivity index (χ1) is 5.77. The predicted octanol–water partition coefficient (Wildman–Crippen LogP) is 3.01. The molecule has 1 unspecified atom stereocenters. The molecule has 0 bridgehead atoms. The van der Waals surface area contributed by atoms with Crippen LogP contribution in [0, 0.1) is 0 Å². The van der Waals surface area contributed by atoms with Crippen molar-refractivity contribution in [3.63, 3.8) is 0 Å². The van der Waals surface area contributed by atoms with Crippen LogP contribution in [0.2, 0.25) is 5.02 Å². The molecule has 1 aromatic carbocycles. The number of nitrogens with one attached hydrogen (secondary N) is 1. The third-order valence-corrected chi connectivity index (χ3v) is 2.28. The molecule has 1 nitrogen and oxygen atoms in total.